The van der Waals surface area contributed by atoms with Gasteiger partial charge in [-0.15, -0.1) is 0 Å². The molecule has 110 valence electrons. The third-order valence-corrected chi connectivity index (χ3v) is 4.28. The van der Waals surface area contributed by atoms with Gasteiger partial charge in [-0.1, -0.05) is 24.3 Å². The molecule has 2 aromatic carbocycles. The Bertz CT molecular complexity index is 686. The SMILES string of the molecule is CC1CC(N)CCN1C(=O)c1ccc(F)c2ccccc12. The van der Waals surface area contributed by atoms with Crippen molar-refractivity contribution in [2.24, 2.45) is 5.73 Å². The molecular weight excluding hydrogens is 267 g/mol. The van der Waals surface area contributed by atoms with Crippen molar-refractivity contribution in [3.05, 3.63) is 47.8 Å². The van der Waals surface area contributed by atoms with Crippen molar-refractivity contribution in [2.75, 3.05) is 6.54 Å². The summed E-state index contributed by atoms with van der Waals surface area (Å²) in [5.41, 5.74) is 6.51. The lowest BCUT2D eigenvalue weighted by Crippen LogP contribution is -2.48. The topological polar surface area (TPSA) is 46.3 Å². The molecule has 2 N–H and O–H groups in total. The van der Waals surface area contributed by atoms with Crippen LogP contribution in [0, 0.1) is 5.82 Å². The molecule has 1 aliphatic heterocycles. The zero-order chi connectivity index (χ0) is 15.0. The summed E-state index contributed by atoms with van der Waals surface area (Å²) in [7, 11) is 0. The molecule has 2 atom stereocenters. The smallest absolute Gasteiger partial charge is 0.254 e. The Morgan fingerprint density at radius 3 is 2.67 bits per heavy atom. The quantitative estimate of drug-likeness (QED) is 0.876. The molecule has 21 heavy (non-hydrogen) atoms. The Morgan fingerprint density at radius 2 is 1.95 bits per heavy atom. The molecule has 0 radical (unpaired) electrons. The van der Waals surface area contributed by atoms with Crippen molar-refractivity contribution in [2.45, 2.75) is 31.8 Å². The number of likely N-dealkylation sites (tertiary alicyclic amines) is 1. The summed E-state index contributed by atoms with van der Waals surface area (Å²) in [6.07, 6.45) is 1.63. The maximum absolute atomic E-state index is 13.9. The second-order valence-electron chi connectivity index (χ2n) is 5.77. The number of piperidine rings is 1. The standard InChI is InChI=1S/C17H19FN2O/c1-11-10-12(19)8-9-20(11)17(21)15-6-7-16(18)14-5-3-2-4-13(14)15/h2-7,11-12H,8-10,19H2,1H3. The number of rotatable bonds is 1. The van der Waals surface area contributed by atoms with Gasteiger partial charge < -0.3 is 10.6 Å². The van der Waals surface area contributed by atoms with E-state index in [9.17, 15) is 9.18 Å². The molecule has 4 heteroatoms. The Labute approximate surface area is 123 Å². The number of nitrogens with two attached hydrogens (primary N) is 1. The van der Waals surface area contributed by atoms with Crippen molar-refractivity contribution in [1.82, 2.24) is 4.90 Å². The van der Waals surface area contributed by atoms with Gasteiger partial charge in [-0.2, -0.15) is 0 Å². The van der Waals surface area contributed by atoms with Gasteiger partial charge in [0.15, 0.2) is 0 Å². The number of fused-ring (bicyclic) bond motifs is 1. The van der Waals surface area contributed by atoms with Gasteiger partial charge in [-0.25, -0.2) is 4.39 Å². The molecule has 0 saturated carbocycles. The molecular formula is C17H19FN2O. The number of amides is 1. The second-order valence-corrected chi connectivity index (χ2v) is 5.77. The van der Waals surface area contributed by atoms with Gasteiger partial charge in [-0.05, 0) is 37.3 Å². The second kappa shape index (κ2) is 5.45. The van der Waals surface area contributed by atoms with Crippen LogP contribution in [0.1, 0.15) is 30.1 Å². The molecule has 1 fully saturated rings. The normalized spacial score (nSPS) is 22.5. The number of nitrogens with zero attached hydrogens (tertiary/aromatic N) is 1. The van der Waals surface area contributed by atoms with Gasteiger partial charge in [0.2, 0.25) is 0 Å². The highest BCUT2D eigenvalue weighted by atomic mass is 19.1. The fourth-order valence-electron chi connectivity index (χ4n) is 3.11. The molecule has 0 aromatic heterocycles. The van der Waals surface area contributed by atoms with Gasteiger partial charge in [0.05, 0.1) is 0 Å². The average Bonchev–Trinajstić information content (AvgIpc) is 2.47. The lowest BCUT2D eigenvalue weighted by molar-refractivity contribution is 0.0621. The van der Waals surface area contributed by atoms with E-state index in [1.807, 2.05) is 17.9 Å². The van der Waals surface area contributed by atoms with Crippen molar-refractivity contribution >= 4 is 16.7 Å². The first-order valence-electron chi connectivity index (χ1n) is 7.31. The zero-order valence-electron chi connectivity index (χ0n) is 12.1. The van der Waals surface area contributed by atoms with Crippen LogP contribution >= 0.6 is 0 Å². The largest absolute Gasteiger partial charge is 0.336 e. The van der Waals surface area contributed by atoms with E-state index in [2.05, 4.69) is 0 Å². The summed E-state index contributed by atoms with van der Waals surface area (Å²) < 4.78 is 13.9. The number of halogens is 1. The van der Waals surface area contributed by atoms with Crippen LogP contribution in [0.3, 0.4) is 0 Å². The molecule has 1 aliphatic rings. The van der Waals surface area contributed by atoms with E-state index < -0.39 is 0 Å². The minimum absolute atomic E-state index is 0.0365. The van der Waals surface area contributed by atoms with Gasteiger partial charge in [-0.3, -0.25) is 4.79 Å². The fraction of sp³-hybridized carbons (Fsp3) is 0.353. The lowest BCUT2D eigenvalue weighted by Gasteiger charge is -2.36. The fourth-order valence-corrected chi connectivity index (χ4v) is 3.11. The summed E-state index contributed by atoms with van der Waals surface area (Å²) in [5.74, 6) is -0.332. The van der Waals surface area contributed by atoms with E-state index in [1.165, 1.54) is 6.07 Å². The predicted molar refractivity (Wildman–Crippen MR) is 81.6 cm³/mol. The van der Waals surface area contributed by atoms with Crippen molar-refractivity contribution in [3.63, 3.8) is 0 Å². The van der Waals surface area contributed by atoms with Crippen molar-refractivity contribution in [3.8, 4) is 0 Å². The van der Waals surface area contributed by atoms with Crippen molar-refractivity contribution in [1.29, 1.82) is 0 Å². The highest BCUT2D eigenvalue weighted by molar-refractivity contribution is 6.07. The first-order valence-corrected chi connectivity index (χ1v) is 7.31. The summed E-state index contributed by atoms with van der Waals surface area (Å²) in [6.45, 7) is 2.68. The van der Waals surface area contributed by atoms with Gasteiger partial charge in [0.1, 0.15) is 5.82 Å². The summed E-state index contributed by atoms with van der Waals surface area (Å²) >= 11 is 0. The molecule has 2 aromatic rings. The summed E-state index contributed by atoms with van der Waals surface area (Å²) in [4.78, 5) is 14.7. The zero-order valence-corrected chi connectivity index (χ0v) is 12.1. The maximum Gasteiger partial charge on any atom is 0.254 e. The number of hydrogen-bond acceptors (Lipinski definition) is 2. The van der Waals surface area contributed by atoms with Crippen molar-refractivity contribution < 1.29 is 9.18 Å². The maximum atomic E-state index is 13.9. The molecule has 0 aliphatic carbocycles. The van der Waals surface area contributed by atoms with Gasteiger partial charge in [0.25, 0.3) is 5.91 Å². The van der Waals surface area contributed by atoms with E-state index in [-0.39, 0.29) is 23.8 Å². The number of carbonyl (C=O) groups is 1. The molecule has 1 heterocycles. The van der Waals surface area contributed by atoms with E-state index in [1.54, 1.807) is 24.3 Å². The van der Waals surface area contributed by atoms with Crippen LogP contribution in [0.15, 0.2) is 36.4 Å². The monoisotopic (exact) mass is 286 g/mol. The third kappa shape index (κ3) is 2.51. The molecule has 3 rings (SSSR count). The Kier molecular flexibility index (Phi) is 3.64. The van der Waals surface area contributed by atoms with Crippen LogP contribution in [0.5, 0.6) is 0 Å². The van der Waals surface area contributed by atoms with Gasteiger partial charge in [0, 0.05) is 29.6 Å². The molecule has 1 saturated heterocycles. The third-order valence-electron chi connectivity index (χ3n) is 4.28. The molecule has 1 amide bonds. The van der Waals surface area contributed by atoms with Crippen LogP contribution in [0.4, 0.5) is 4.39 Å². The molecule has 0 bridgehead atoms. The first kappa shape index (κ1) is 14.0. The number of carbonyl (C=O) groups excluding carboxylic acids is 1. The summed E-state index contributed by atoms with van der Waals surface area (Å²) in [6, 6.07) is 10.3. The molecule has 2 unspecified atom stereocenters. The highest BCUT2D eigenvalue weighted by Gasteiger charge is 2.28. The summed E-state index contributed by atoms with van der Waals surface area (Å²) in [5, 5.41) is 1.16. The minimum atomic E-state index is -0.295. The van der Waals surface area contributed by atoms with Crippen LogP contribution in [0.2, 0.25) is 0 Å². The highest BCUT2D eigenvalue weighted by Crippen LogP contribution is 2.25. The predicted octanol–water partition coefficient (Wildman–Crippen LogP) is 2.93. The van der Waals surface area contributed by atoms with Crippen LogP contribution in [-0.4, -0.2) is 29.4 Å². The van der Waals surface area contributed by atoms with Crippen LogP contribution < -0.4 is 5.73 Å². The van der Waals surface area contributed by atoms with Crippen LogP contribution in [0.25, 0.3) is 10.8 Å². The van der Waals surface area contributed by atoms with Crippen LogP contribution in [-0.2, 0) is 0 Å². The van der Waals surface area contributed by atoms with E-state index >= 15 is 0 Å². The number of hydrogen-bond donors (Lipinski definition) is 1. The average molecular weight is 286 g/mol. The van der Waals surface area contributed by atoms with E-state index in [4.69, 9.17) is 5.73 Å². The first-order chi connectivity index (χ1) is 10.1. The lowest BCUT2D eigenvalue weighted by atomic mass is 9.96. The minimum Gasteiger partial charge on any atom is -0.336 e. The van der Waals surface area contributed by atoms with E-state index in [0.717, 1.165) is 12.8 Å². The Balaban J connectivity index is 2.01. The Morgan fingerprint density at radius 1 is 1.24 bits per heavy atom. The van der Waals surface area contributed by atoms with Gasteiger partial charge >= 0.3 is 0 Å². The number of benzene rings is 2. The van der Waals surface area contributed by atoms with E-state index in [0.29, 0.717) is 22.9 Å². The molecule has 0 spiro atoms. The molecule has 3 nitrogen and oxygen atoms in total. The Hall–Kier alpha value is -1.94.